The molecule has 258 valence electrons. The molecule has 8 aromatic carbocycles. The zero-order valence-electron chi connectivity index (χ0n) is 29.2. The van der Waals surface area contributed by atoms with Gasteiger partial charge in [0.2, 0.25) is 0 Å². The highest BCUT2D eigenvalue weighted by molar-refractivity contribution is 7.85. The Bertz CT molecular complexity index is 2370. The number of hydrogen-bond acceptors (Lipinski definition) is 5. The van der Waals surface area contributed by atoms with Gasteiger partial charge in [-0.25, -0.2) is 4.21 Å². The molecule has 10 rings (SSSR count). The molecule has 6 heteroatoms. The molecule has 0 N–H and O–H groups in total. The van der Waals surface area contributed by atoms with Crippen molar-refractivity contribution in [3.63, 3.8) is 0 Å². The van der Waals surface area contributed by atoms with Crippen molar-refractivity contribution in [1.82, 2.24) is 0 Å². The molecule has 2 aliphatic rings. The second-order valence-electron chi connectivity index (χ2n) is 13.2. The summed E-state index contributed by atoms with van der Waals surface area (Å²) < 4.78 is 14.1. The van der Waals surface area contributed by atoms with Crippen LogP contribution in [-0.2, 0) is 10.8 Å². The molecule has 5 nitrogen and oxygen atoms in total. The summed E-state index contributed by atoms with van der Waals surface area (Å²) in [6, 6.07) is 71.2. The maximum absolute atomic E-state index is 14.1. The highest BCUT2D eigenvalue weighted by atomic mass is 32.2. The van der Waals surface area contributed by atoms with Crippen LogP contribution in [0.25, 0.3) is 0 Å². The van der Waals surface area contributed by atoms with E-state index in [-0.39, 0.29) is 0 Å². The van der Waals surface area contributed by atoms with Gasteiger partial charge in [0.25, 0.3) is 0 Å². The number of fused-ring (bicyclic) bond motifs is 4. The monoisotopic (exact) mass is 714 g/mol. The lowest BCUT2D eigenvalue weighted by molar-refractivity contribution is 0.683. The highest BCUT2D eigenvalue weighted by Gasteiger charge is 2.31. The van der Waals surface area contributed by atoms with E-state index in [1.54, 1.807) is 0 Å². The van der Waals surface area contributed by atoms with Crippen molar-refractivity contribution in [2.45, 2.75) is 9.79 Å². The molecule has 0 aromatic heterocycles. The first-order valence-corrected chi connectivity index (χ1v) is 19.2. The minimum atomic E-state index is -1.37. The maximum Gasteiger partial charge on any atom is 0.0849 e. The molecule has 0 aliphatic carbocycles. The van der Waals surface area contributed by atoms with Gasteiger partial charge < -0.3 is 19.6 Å². The van der Waals surface area contributed by atoms with Crippen molar-refractivity contribution in [2.24, 2.45) is 0 Å². The van der Waals surface area contributed by atoms with Gasteiger partial charge in [-0.15, -0.1) is 0 Å². The molecule has 8 aromatic rings. The maximum atomic E-state index is 14.1. The van der Waals surface area contributed by atoms with E-state index in [9.17, 15) is 4.21 Å². The van der Waals surface area contributed by atoms with Crippen molar-refractivity contribution < 1.29 is 4.21 Å². The summed E-state index contributed by atoms with van der Waals surface area (Å²) in [6.45, 7) is 0. The molecule has 0 fully saturated rings. The number of para-hydroxylation sites is 10. The summed E-state index contributed by atoms with van der Waals surface area (Å²) in [5, 5.41) is 0. The van der Waals surface area contributed by atoms with E-state index < -0.39 is 10.8 Å². The molecule has 0 saturated heterocycles. The topological polar surface area (TPSA) is 30.0 Å². The van der Waals surface area contributed by atoms with Crippen LogP contribution in [0.3, 0.4) is 0 Å². The Morgan fingerprint density at radius 2 is 0.444 bits per heavy atom. The number of nitrogens with zero attached hydrogens (tertiary/aromatic N) is 4. The fraction of sp³-hybridized carbons (Fsp3) is 0. The van der Waals surface area contributed by atoms with Crippen molar-refractivity contribution in [2.75, 3.05) is 19.6 Å². The van der Waals surface area contributed by atoms with Crippen LogP contribution in [0.2, 0.25) is 0 Å². The van der Waals surface area contributed by atoms with Crippen molar-refractivity contribution in [1.29, 1.82) is 0 Å². The second-order valence-corrected chi connectivity index (χ2v) is 14.7. The quantitative estimate of drug-likeness (QED) is 0.171. The van der Waals surface area contributed by atoms with Gasteiger partial charge >= 0.3 is 0 Å². The Hall–Kier alpha value is -6.89. The zero-order chi connectivity index (χ0) is 36.0. The molecule has 0 atom stereocenters. The van der Waals surface area contributed by atoms with Gasteiger partial charge in [-0.3, -0.25) is 0 Å². The lowest BCUT2D eigenvalue weighted by Gasteiger charge is -2.40. The zero-order valence-corrected chi connectivity index (χ0v) is 30.1. The van der Waals surface area contributed by atoms with Gasteiger partial charge in [0.05, 0.1) is 56.3 Å². The smallest absolute Gasteiger partial charge is 0.0849 e. The Balaban J connectivity index is 0.964. The van der Waals surface area contributed by atoms with Crippen LogP contribution in [0.4, 0.5) is 68.2 Å². The normalized spacial score (nSPS) is 12.9. The van der Waals surface area contributed by atoms with Gasteiger partial charge in [0.15, 0.2) is 0 Å². The van der Waals surface area contributed by atoms with E-state index in [1.807, 2.05) is 36.4 Å². The molecule has 0 unspecified atom stereocenters. The third-order valence-corrected chi connectivity index (χ3v) is 11.5. The fourth-order valence-electron chi connectivity index (χ4n) is 7.73. The highest BCUT2D eigenvalue weighted by Crippen LogP contribution is 2.55. The molecule has 0 bridgehead atoms. The van der Waals surface area contributed by atoms with E-state index in [0.29, 0.717) is 0 Å². The molecule has 2 heterocycles. The SMILES string of the molecule is O=S(c1ccc(N2c3ccccc3N(c3ccccc3)c3ccccc32)cc1)c1ccc(N2c3ccccc3N(c3ccccc3)c3ccccc32)cc1. The lowest BCUT2D eigenvalue weighted by atomic mass is 10.0. The third kappa shape index (κ3) is 5.27. The predicted molar refractivity (Wildman–Crippen MR) is 223 cm³/mol. The summed E-state index contributed by atoms with van der Waals surface area (Å²) in [6.07, 6.45) is 0. The van der Waals surface area contributed by atoms with Crippen LogP contribution >= 0.6 is 0 Å². The largest absolute Gasteiger partial charge is 0.306 e. The van der Waals surface area contributed by atoms with E-state index in [2.05, 4.69) is 189 Å². The third-order valence-electron chi connectivity index (χ3n) is 10.1. The number of rotatable bonds is 6. The molecular weight excluding hydrogens is 681 g/mol. The summed E-state index contributed by atoms with van der Waals surface area (Å²) in [5.41, 5.74) is 12.9. The molecular formula is C48H34N4OS. The summed E-state index contributed by atoms with van der Waals surface area (Å²) >= 11 is 0. The van der Waals surface area contributed by atoms with Gasteiger partial charge in [-0.1, -0.05) is 84.9 Å². The Morgan fingerprint density at radius 1 is 0.241 bits per heavy atom. The first kappa shape index (κ1) is 31.8. The minimum absolute atomic E-state index is 0.753. The molecule has 54 heavy (non-hydrogen) atoms. The van der Waals surface area contributed by atoms with Crippen LogP contribution in [0, 0.1) is 0 Å². The number of anilines is 12. The molecule has 2 aliphatic heterocycles. The Morgan fingerprint density at radius 3 is 0.685 bits per heavy atom. The molecule has 0 radical (unpaired) electrons. The van der Waals surface area contributed by atoms with Crippen LogP contribution in [0.15, 0.2) is 216 Å². The average Bonchev–Trinajstić information content (AvgIpc) is 3.25. The van der Waals surface area contributed by atoms with Crippen molar-refractivity contribution in [3.05, 3.63) is 206 Å². The fourth-order valence-corrected chi connectivity index (χ4v) is 8.77. The van der Waals surface area contributed by atoms with Crippen molar-refractivity contribution in [3.8, 4) is 0 Å². The van der Waals surface area contributed by atoms with Crippen LogP contribution < -0.4 is 19.6 Å². The first-order valence-electron chi connectivity index (χ1n) is 18.0. The van der Waals surface area contributed by atoms with Gasteiger partial charge in [0.1, 0.15) is 0 Å². The number of benzene rings is 8. The van der Waals surface area contributed by atoms with E-state index >= 15 is 0 Å². The standard InChI is InChI=1S/C48H34N4OS/c53-54(39-31-27-37(28-32-39)51-45-23-11-7-19-41(45)49(35-15-3-1-4-16-35)42-20-8-12-24-46(42)51)40-33-29-38(30-34-40)52-47-25-13-9-21-43(47)50(36-17-5-2-6-18-36)44-22-10-14-26-48(44)52/h1-34H. The van der Waals surface area contributed by atoms with Crippen LogP contribution in [-0.4, -0.2) is 4.21 Å². The van der Waals surface area contributed by atoms with Gasteiger partial charge in [0, 0.05) is 32.5 Å². The summed E-state index contributed by atoms with van der Waals surface area (Å²) in [7, 11) is -1.37. The Labute approximate surface area is 317 Å². The van der Waals surface area contributed by atoms with Crippen LogP contribution in [0.5, 0.6) is 0 Å². The van der Waals surface area contributed by atoms with Crippen LogP contribution in [0.1, 0.15) is 0 Å². The lowest BCUT2D eigenvalue weighted by Crippen LogP contribution is -2.23. The average molecular weight is 715 g/mol. The minimum Gasteiger partial charge on any atom is -0.306 e. The Kier molecular flexibility index (Phi) is 7.81. The van der Waals surface area contributed by atoms with Crippen molar-refractivity contribution >= 4 is 79.0 Å². The van der Waals surface area contributed by atoms with Gasteiger partial charge in [-0.2, -0.15) is 0 Å². The van der Waals surface area contributed by atoms with E-state index in [0.717, 1.165) is 78.0 Å². The molecule has 0 spiro atoms. The van der Waals surface area contributed by atoms with Gasteiger partial charge in [-0.05, 0) is 121 Å². The predicted octanol–water partition coefficient (Wildman–Crippen LogP) is 13.4. The number of hydrogen-bond donors (Lipinski definition) is 0. The van der Waals surface area contributed by atoms with E-state index in [4.69, 9.17) is 0 Å². The first-order chi connectivity index (χ1) is 26.7. The summed E-state index contributed by atoms with van der Waals surface area (Å²) in [5.74, 6) is 0. The second kappa shape index (κ2) is 13.3. The van der Waals surface area contributed by atoms with E-state index in [1.165, 1.54) is 0 Å². The molecule has 0 amide bonds. The summed E-state index contributed by atoms with van der Waals surface area (Å²) in [4.78, 5) is 10.7. The molecule has 0 saturated carbocycles.